The van der Waals surface area contributed by atoms with Crippen LogP contribution in [0.2, 0.25) is 0 Å². The zero-order valence-corrected chi connectivity index (χ0v) is 11.0. The molecular formula is C15H16N2O3. The van der Waals surface area contributed by atoms with Crippen molar-refractivity contribution in [1.82, 2.24) is 4.90 Å². The quantitative estimate of drug-likeness (QED) is 0.817. The zero-order chi connectivity index (χ0) is 14.5. The first-order valence-electron chi connectivity index (χ1n) is 6.46. The lowest BCUT2D eigenvalue weighted by Gasteiger charge is -2.20. The number of carboxylic acid groups (broad SMARTS) is 1. The van der Waals surface area contributed by atoms with Crippen molar-refractivity contribution in [3.63, 3.8) is 0 Å². The van der Waals surface area contributed by atoms with Gasteiger partial charge >= 0.3 is 5.97 Å². The molecule has 1 aliphatic rings. The highest BCUT2D eigenvalue weighted by molar-refractivity contribution is 5.74. The number of aliphatic carboxylic acids is 1. The van der Waals surface area contributed by atoms with Gasteiger partial charge in [0.25, 0.3) is 0 Å². The highest BCUT2D eigenvalue weighted by atomic mass is 16.4. The number of hydrogen-bond acceptors (Lipinski definition) is 4. The first-order valence-corrected chi connectivity index (χ1v) is 6.46. The van der Waals surface area contributed by atoms with Crippen LogP contribution in [0.4, 0.5) is 0 Å². The summed E-state index contributed by atoms with van der Waals surface area (Å²) >= 11 is 0. The third kappa shape index (κ3) is 3.37. The highest BCUT2D eigenvalue weighted by Crippen LogP contribution is 2.20. The Morgan fingerprint density at radius 2 is 2.15 bits per heavy atom. The smallest absolute Gasteiger partial charge is 0.320 e. The number of benzene rings is 1. The third-order valence-corrected chi connectivity index (χ3v) is 3.40. The molecule has 1 aromatic rings. The van der Waals surface area contributed by atoms with Crippen molar-refractivity contribution in [2.75, 3.05) is 13.1 Å². The zero-order valence-electron chi connectivity index (χ0n) is 11.0. The minimum absolute atomic E-state index is 0.172. The van der Waals surface area contributed by atoms with E-state index in [9.17, 15) is 15.2 Å². The number of carboxylic acids is 1. The summed E-state index contributed by atoms with van der Waals surface area (Å²) in [5.74, 6) is -0.657. The van der Waals surface area contributed by atoms with Crippen molar-refractivity contribution in [3.8, 4) is 11.8 Å². The fourth-order valence-corrected chi connectivity index (χ4v) is 2.40. The lowest BCUT2D eigenvalue weighted by molar-refractivity contribution is -0.141. The van der Waals surface area contributed by atoms with Crippen LogP contribution >= 0.6 is 0 Å². The lowest BCUT2D eigenvalue weighted by Crippen LogP contribution is -2.37. The van der Waals surface area contributed by atoms with Gasteiger partial charge in [0.2, 0.25) is 0 Å². The lowest BCUT2D eigenvalue weighted by atomic mass is 10.1. The minimum Gasteiger partial charge on any atom is -0.508 e. The Hall–Kier alpha value is -2.32. The molecule has 0 radical (unpaired) electrons. The van der Waals surface area contributed by atoms with E-state index < -0.39 is 12.0 Å². The molecule has 5 heteroatoms. The van der Waals surface area contributed by atoms with Crippen LogP contribution in [-0.4, -0.2) is 40.2 Å². The first kappa shape index (κ1) is 14.1. The molecule has 104 valence electrons. The van der Waals surface area contributed by atoms with Gasteiger partial charge in [0.15, 0.2) is 0 Å². The van der Waals surface area contributed by atoms with Gasteiger partial charge in [0.1, 0.15) is 11.8 Å². The second kappa shape index (κ2) is 6.22. The largest absolute Gasteiger partial charge is 0.508 e. The normalized spacial score (nSPS) is 19.8. The van der Waals surface area contributed by atoms with E-state index in [4.69, 9.17) is 5.11 Å². The van der Waals surface area contributed by atoms with E-state index in [0.29, 0.717) is 25.1 Å². The monoisotopic (exact) mass is 272 g/mol. The van der Waals surface area contributed by atoms with E-state index in [1.54, 1.807) is 30.3 Å². The summed E-state index contributed by atoms with van der Waals surface area (Å²) in [7, 11) is 0. The number of nitriles is 1. The molecule has 5 nitrogen and oxygen atoms in total. The molecule has 0 aliphatic carbocycles. The van der Waals surface area contributed by atoms with Crippen molar-refractivity contribution >= 4 is 12.0 Å². The Balaban J connectivity index is 2.11. The van der Waals surface area contributed by atoms with E-state index in [2.05, 4.69) is 6.07 Å². The predicted octanol–water partition coefficient (Wildman–Crippen LogP) is 1.85. The van der Waals surface area contributed by atoms with Gasteiger partial charge in [-0.2, -0.15) is 5.26 Å². The fourth-order valence-electron chi connectivity index (χ4n) is 2.40. The van der Waals surface area contributed by atoms with E-state index in [1.165, 1.54) is 0 Å². The summed E-state index contributed by atoms with van der Waals surface area (Å²) in [5.41, 5.74) is 1.33. The van der Waals surface area contributed by atoms with E-state index in [-0.39, 0.29) is 5.75 Å². The maximum atomic E-state index is 11.1. The van der Waals surface area contributed by atoms with Crippen LogP contribution in [0, 0.1) is 11.3 Å². The Kier molecular flexibility index (Phi) is 4.38. The minimum atomic E-state index is -0.829. The van der Waals surface area contributed by atoms with Gasteiger partial charge in [0.05, 0.1) is 6.07 Å². The number of rotatable bonds is 4. The molecule has 1 fully saturated rings. The van der Waals surface area contributed by atoms with Gasteiger partial charge in [0, 0.05) is 12.1 Å². The molecule has 0 bridgehead atoms. The molecule has 20 heavy (non-hydrogen) atoms. The summed E-state index contributed by atoms with van der Waals surface area (Å²) in [6, 6.07) is 8.15. The van der Waals surface area contributed by atoms with Crippen molar-refractivity contribution in [2.24, 2.45) is 0 Å². The molecule has 1 heterocycles. The molecule has 2 N–H and O–H groups in total. The van der Waals surface area contributed by atoms with E-state index in [0.717, 1.165) is 12.0 Å². The van der Waals surface area contributed by atoms with Gasteiger partial charge in [-0.3, -0.25) is 9.69 Å². The third-order valence-electron chi connectivity index (χ3n) is 3.40. The van der Waals surface area contributed by atoms with Crippen LogP contribution < -0.4 is 0 Å². The van der Waals surface area contributed by atoms with Gasteiger partial charge in [-0.05, 0) is 43.2 Å². The van der Waals surface area contributed by atoms with E-state index in [1.807, 2.05) is 4.90 Å². The van der Waals surface area contributed by atoms with Crippen LogP contribution in [0.25, 0.3) is 6.08 Å². The van der Waals surface area contributed by atoms with Crippen molar-refractivity contribution in [3.05, 3.63) is 35.4 Å². The van der Waals surface area contributed by atoms with Crippen LogP contribution in [0.5, 0.6) is 5.75 Å². The van der Waals surface area contributed by atoms with Crippen molar-refractivity contribution < 1.29 is 15.0 Å². The Morgan fingerprint density at radius 1 is 1.45 bits per heavy atom. The SMILES string of the molecule is N#CC(=Cc1ccc(O)cc1)CN1CCC[C@H]1C(=O)O. The number of phenolic OH excluding ortho intramolecular Hbond substituents is 1. The highest BCUT2D eigenvalue weighted by Gasteiger charge is 2.30. The number of likely N-dealkylation sites (tertiary alicyclic amines) is 1. The number of phenols is 1. The van der Waals surface area contributed by atoms with Crippen LogP contribution in [0.1, 0.15) is 18.4 Å². The average molecular weight is 272 g/mol. The maximum absolute atomic E-state index is 11.1. The molecule has 0 amide bonds. The van der Waals surface area contributed by atoms with Gasteiger partial charge in [-0.1, -0.05) is 12.1 Å². The van der Waals surface area contributed by atoms with Crippen LogP contribution in [0.15, 0.2) is 29.8 Å². The van der Waals surface area contributed by atoms with Crippen LogP contribution in [-0.2, 0) is 4.79 Å². The number of aromatic hydroxyl groups is 1. The molecular weight excluding hydrogens is 256 g/mol. The maximum Gasteiger partial charge on any atom is 0.320 e. The van der Waals surface area contributed by atoms with Gasteiger partial charge < -0.3 is 10.2 Å². The molecule has 0 aromatic heterocycles. The molecule has 1 saturated heterocycles. The molecule has 1 aliphatic heterocycles. The van der Waals surface area contributed by atoms with E-state index >= 15 is 0 Å². The summed E-state index contributed by atoms with van der Waals surface area (Å²) in [6.45, 7) is 1.04. The number of nitrogens with zero attached hydrogens (tertiary/aromatic N) is 2. The fraction of sp³-hybridized carbons (Fsp3) is 0.333. The molecule has 2 rings (SSSR count). The summed E-state index contributed by atoms with van der Waals surface area (Å²) in [6.07, 6.45) is 3.19. The Labute approximate surface area is 117 Å². The Morgan fingerprint density at radius 3 is 2.75 bits per heavy atom. The number of carbonyl (C=O) groups is 1. The molecule has 0 spiro atoms. The molecule has 0 saturated carbocycles. The van der Waals surface area contributed by atoms with Gasteiger partial charge in [-0.25, -0.2) is 0 Å². The second-order valence-corrected chi connectivity index (χ2v) is 4.84. The first-order chi connectivity index (χ1) is 9.60. The van der Waals surface area contributed by atoms with Crippen LogP contribution in [0.3, 0.4) is 0 Å². The standard InChI is InChI=1S/C15H16N2O3/c16-9-12(8-11-3-5-13(18)6-4-11)10-17-7-1-2-14(17)15(19)20/h3-6,8,14,18H,1-2,7,10H2,(H,19,20)/t14-/m0/s1. The molecule has 1 aromatic carbocycles. The summed E-state index contributed by atoms with van der Waals surface area (Å²) in [4.78, 5) is 12.9. The second-order valence-electron chi connectivity index (χ2n) is 4.84. The number of hydrogen-bond donors (Lipinski definition) is 2. The average Bonchev–Trinajstić information content (AvgIpc) is 2.88. The van der Waals surface area contributed by atoms with Gasteiger partial charge in [-0.15, -0.1) is 0 Å². The summed E-state index contributed by atoms with van der Waals surface area (Å²) < 4.78 is 0. The van der Waals surface area contributed by atoms with Crippen molar-refractivity contribution in [2.45, 2.75) is 18.9 Å². The molecule has 0 unspecified atom stereocenters. The molecule has 1 atom stereocenters. The topological polar surface area (TPSA) is 84.6 Å². The summed E-state index contributed by atoms with van der Waals surface area (Å²) in [5, 5.41) is 27.5. The van der Waals surface area contributed by atoms with Crippen molar-refractivity contribution in [1.29, 1.82) is 5.26 Å². The predicted molar refractivity (Wildman–Crippen MR) is 73.9 cm³/mol. The Bertz CT molecular complexity index is 557.